The van der Waals surface area contributed by atoms with E-state index in [0.29, 0.717) is 11.1 Å². The molecule has 0 aliphatic rings. The fourth-order valence-electron chi connectivity index (χ4n) is 2.92. The fourth-order valence-corrected chi connectivity index (χ4v) is 2.92. The molecule has 3 aromatic carbocycles. The number of Topliss-reactive ketones (excluding diaryl/α,β-unsaturated/α-hetero) is 1. The number of esters is 1. The number of carbonyl (C=O) groups is 4. The Hall–Kier alpha value is -4.46. The summed E-state index contributed by atoms with van der Waals surface area (Å²) in [6.45, 7) is -0.0726. The minimum Gasteiger partial charge on any atom is -0.478 e. The molecule has 1 amide bonds. The van der Waals surface area contributed by atoms with Gasteiger partial charge in [0, 0.05) is 12.1 Å². The van der Waals surface area contributed by atoms with E-state index in [1.165, 1.54) is 18.2 Å². The zero-order valence-corrected chi connectivity index (χ0v) is 17.5. The molecule has 168 valence electrons. The highest BCUT2D eigenvalue weighted by Gasteiger charge is 2.24. The Morgan fingerprint density at radius 1 is 0.697 bits per heavy atom. The van der Waals surface area contributed by atoms with Gasteiger partial charge in [-0.3, -0.25) is 4.79 Å². The molecule has 0 spiro atoms. The molecule has 3 aromatic rings. The van der Waals surface area contributed by atoms with E-state index in [9.17, 15) is 24.3 Å². The number of nitrogens with one attached hydrogen (secondary N) is 1. The van der Waals surface area contributed by atoms with Crippen LogP contribution in [0.5, 0.6) is 0 Å². The van der Waals surface area contributed by atoms with E-state index in [1.54, 1.807) is 30.3 Å². The molecule has 0 atom stereocenters. The van der Waals surface area contributed by atoms with Gasteiger partial charge >= 0.3 is 18.0 Å². The second-order valence-corrected chi connectivity index (χ2v) is 6.99. The zero-order valence-electron chi connectivity index (χ0n) is 17.5. The lowest BCUT2D eigenvalue weighted by molar-refractivity contribution is -0.139. The quantitative estimate of drug-likeness (QED) is 0.291. The molecule has 8 heteroatoms. The molecule has 0 saturated heterocycles. The molecular weight excluding hydrogens is 426 g/mol. The lowest BCUT2D eigenvalue weighted by Crippen LogP contribution is -2.24. The number of carbonyl (C=O) groups excluding carboxylic acids is 3. The van der Waals surface area contributed by atoms with Crippen LogP contribution in [-0.4, -0.2) is 28.9 Å². The molecule has 3 rings (SSSR count). The number of hydrogen-bond acceptors (Lipinski definition) is 6. The zero-order chi connectivity index (χ0) is 23.6. The van der Waals surface area contributed by atoms with Crippen LogP contribution < -0.4 is 5.32 Å². The van der Waals surface area contributed by atoms with Crippen molar-refractivity contribution in [2.75, 3.05) is 0 Å². The van der Waals surface area contributed by atoms with Crippen LogP contribution in [-0.2, 0) is 34.0 Å². The number of alkyl carbamates (subject to hydrolysis) is 1. The van der Waals surface area contributed by atoms with Crippen molar-refractivity contribution in [1.82, 2.24) is 5.32 Å². The standard InChI is InChI=1S/C25H21NO7/c27-22(24(30)32-15-17-7-3-1-4-8-17)21-13-19(11-12-20(21)23(28)29)14-26-25(31)33-16-18-9-5-2-6-10-18/h1-13H,14-16H2,(H,26,31)(H,28,29). The third kappa shape index (κ3) is 6.76. The van der Waals surface area contributed by atoms with Crippen molar-refractivity contribution in [3.8, 4) is 0 Å². The van der Waals surface area contributed by atoms with Crippen molar-refractivity contribution in [2.45, 2.75) is 19.8 Å². The normalized spacial score (nSPS) is 10.2. The van der Waals surface area contributed by atoms with Gasteiger partial charge in [-0.2, -0.15) is 0 Å². The average molecular weight is 447 g/mol. The molecule has 8 nitrogen and oxygen atoms in total. The Bertz CT molecular complexity index is 1140. The lowest BCUT2D eigenvalue weighted by Gasteiger charge is -2.10. The van der Waals surface area contributed by atoms with Crippen LogP contribution in [0.2, 0.25) is 0 Å². The Balaban J connectivity index is 1.63. The van der Waals surface area contributed by atoms with Crippen LogP contribution in [0.15, 0.2) is 78.9 Å². The number of hydrogen-bond donors (Lipinski definition) is 2. The first-order valence-electron chi connectivity index (χ1n) is 10.00. The molecular formula is C25H21NO7. The van der Waals surface area contributed by atoms with Gasteiger partial charge in [0.2, 0.25) is 0 Å². The Morgan fingerprint density at radius 3 is 1.85 bits per heavy atom. The van der Waals surface area contributed by atoms with Gasteiger partial charge in [-0.15, -0.1) is 0 Å². The summed E-state index contributed by atoms with van der Waals surface area (Å²) in [6.07, 6.45) is -0.684. The van der Waals surface area contributed by atoms with E-state index in [0.717, 1.165) is 5.56 Å². The molecule has 0 saturated carbocycles. The Labute approximate surface area is 189 Å². The number of benzene rings is 3. The minimum absolute atomic E-state index is 0.0349. The predicted molar refractivity (Wildman–Crippen MR) is 117 cm³/mol. The number of carboxylic acids is 1. The summed E-state index contributed by atoms with van der Waals surface area (Å²) >= 11 is 0. The van der Waals surface area contributed by atoms with Crippen molar-refractivity contribution in [3.63, 3.8) is 0 Å². The van der Waals surface area contributed by atoms with E-state index >= 15 is 0 Å². The number of rotatable bonds is 9. The van der Waals surface area contributed by atoms with Crippen molar-refractivity contribution in [3.05, 3.63) is 107 Å². The highest BCUT2D eigenvalue weighted by Crippen LogP contribution is 2.15. The first-order valence-corrected chi connectivity index (χ1v) is 10.00. The number of carboxylic acid groups (broad SMARTS) is 1. The molecule has 0 heterocycles. The van der Waals surface area contributed by atoms with Crippen molar-refractivity contribution >= 4 is 23.8 Å². The van der Waals surface area contributed by atoms with E-state index < -0.39 is 23.8 Å². The number of ketones is 1. The fraction of sp³-hybridized carbons (Fsp3) is 0.120. The molecule has 0 radical (unpaired) electrons. The van der Waals surface area contributed by atoms with E-state index in [1.807, 2.05) is 30.3 Å². The van der Waals surface area contributed by atoms with Crippen LogP contribution >= 0.6 is 0 Å². The van der Waals surface area contributed by atoms with Crippen molar-refractivity contribution < 1.29 is 33.8 Å². The highest BCUT2D eigenvalue weighted by atomic mass is 16.5. The summed E-state index contributed by atoms with van der Waals surface area (Å²) < 4.78 is 10.1. The first kappa shape index (κ1) is 23.2. The summed E-state index contributed by atoms with van der Waals surface area (Å²) in [5.74, 6) is -3.62. The highest BCUT2D eigenvalue weighted by molar-refractivity contribution is 6.41. The second kappa shape index (κ2) is 11.2. The average Bonchev–Trinajstić information content (AvgIpc) is 2.85. The van der Waals surface area contributed by atoms with Gasteiger partial charge in [-0.1, -0.05) is 66.7 Å². The van der Waals surface area contributed by atoms with Gasteiger partial charge in [0.15, 0.2) is 0 Å². The predicted octanol–water partition coefficient (Wildman–Crippen LogP) is 3.74. The smallest absolute Gasteiger partial charge is 0.407 e. The van der Waals surface area contributed by atoms with Gasteiger partial charge in [-0.05, 0) is 28.8 Å². The van der Waals surface area contributed by atoms with E-state index in [4.69, 9.17) is 9.47 Å². The maximum absolute atomic E-state index is 12.6. The summed E-state index contributed by atoms with van der Waals surface area (Å²) in [6, 6.07) is 21.8. The van der Waals surface area contributed by atoms with Gasteiger partial charge in [-0.25, -0.2) is 14.4 Å². The van der Waals surface area contributed by atoms with Crippen LogP contribution in [0.1, 0.15) is 37.4 Å². The maximum atomic E-state index is 12.6. The number of aromatic carboxylic acids is 1. The molecule has 0 aliphatic heterocycles. The molecule has 0 aromatic heterocycles. The number of amides is 1. The Morgan fingerprint density at radius 2 is 1.27 bits per heavy atom. The third-order valence-corrected chi connectivity index (χ3v) is 4.61. The summed E-state index contributed by atoms with van der Waals surface area (Å²) in [7, 11) is 0. The van der Waals surface area contributed by atoms with Gasteiger partial charge in [0.05, 0.1) is 5.56 Å². The molecule has 33 heavy (non-hydrogen) atoms. The second-order valence-electron chi connectivity index (χ2n) is 6.99. The van der Waals surface area contributed by atoms with Crippen molar-refractivity contribution in [2.24, 2.45) is 0 Å². The van der Waals surface area contributed by atoms with Crippen LogP contribution in [0.4, 0.5) is 4.79 Å². The lowest BCUT2D eigenvalue weighted by atomic mass is 10.00. The van der Waals surface area contributed by atoms with E-state index in [2.05, 4.69) is 5.32 Å². The number of ether oxygens (including phenoxy) is 2. The molecule has 0 unspecified atom stereocenters. The topological polar surface area (TPSA) is 119 Å². The van der Waals surface area contributed by atoms with E-state index in [-0.39, 0.29) is 30.9 Å². The third-order valence-electron chi connectivity index (χ3n) is 4.61. The van der Waals surface area contributed by atoms with Crippen molar-refractivity contribution in [1.29, 1.82) is 0 Å². The summed E-state index contributed by atoms with van der Waals surface area (Å²) in [4.78, 5) is 48.3. The summed E-state index contributed by atoms with van der Waals surface area (Å²) in [5.41, 5.74) is 1.25. The van der Waals surface area contributed by atoms with Crippen LogP contribution in [0.25, 0.3) is 0 Å². The summed E-state index contributed by atoms with van der Waals surface area (Å²) in [5, 5.41) is 11.9. The molecule has 0 fully saturated rings. The van der Waals surface area contributed by atoms with Crippen LogP contribution in [0, 0.1) is 0 Å². The first-order chi connectivity index (χ1) is 15.9. The monoisotopic (exact) mass is 447 g/mol. The molecule has 0 aliphatic carbocycles. The van der Waals surface area contributed by atoms with Crippen LogP contribution in [0.3, 0.4) is 0 Å². The SMILES string of the molecule is O=C(NCc1ccc(C(=O)O)c(C(=O)C(=O)OCc2ccccc2)c1)OCc1ccccc1. The Kier molecular flexibility index (Phi) is 7.91. The maximum Gasteiger partial charge on any atom is 0.407 e. The van der Waals surface area contributed by atoms with Gasteiger partial charge in [0.25, 0.3) is 5.78 Å². The van der Waals surface area contributed by atoms with Gasteiger partial charge in [0.1, 0.15) is 13.2 Å². The molecule has 0 bridgehead atoms. The largest absolute Gasteiger partial charge is 0.478 e. The minimum atomic E-state index is -1.36. The molecule has 2 N–H and O–H groups in total. The van der Waals surface area contributed by atoms with Gasteiger partial charge < -0.3 is 19.9 Å².